The van der Waals surface area contributed by atoms with Crippen molar-refractivity contribution in [2.75, 3.05) is 13.7 Å². The standard InChI is InChI=1S/C22H16ClNO3/c1-25-16-6-7-21-20(12-16)22-18(9-11-26-21)19(13-17(27-22)8-10-24)14-2-4-15(23)5-3-14/h2-8,12-13H,9,11H2,1H3. The topological polar surface area (TPSA) is 51.5 Å². The Kier molecular flexibility index (Phi) is 4.62. The summed E-state index contributed by atoms with van der Waals surface area (Å²) in [5.74, 6) is 2.62. The largest absolute Gasteiger partial charge is 0.497 e. The van der Waals surface area contributed by atoms with Gasteiger partial charge in [-0.15, -0.1) is 0 Å². The molecule has 0 fully saturated rings. The lowest BCUT2D eigenvalue weighted by molar-refractivity contribution is 0.324. The Bertz CT molecular complexity index is 1030. The normalized spacial score (nSPS) is 16.9. The molecule has 0 radical (unpaired) electrons. The molecular weight excluding hydrogens is 362 g/mol. The van der Waals surface area contributed by atoms with Gasteiger partial charge in [-0.3, -0.25) is 0 Å². The monoisotopic (exact) mass is 377 g/mol. The molecule has 0 aromatic heterocycles. The Morgan fingerprint density at radius 3 is 2.74 bits per heavy atom. The molecule has 5 heteroatoms. The molecule has 0 bridgehead atoms. The van der Waals surface area contributed by atoms with Crippen molar-refractivity contribution in [2.24, 2.45) is 0 Å². The van der Waals surface area contributed by atoms with Gasteiger partial charge < -0.3 is 14.2 Å². The summed E-state index contributed by atoms with van der Waals surface area (Å²) in [6.07, 6.45) is 3.96. The maximum Gasteiger partial charge on any atom is 0.142 e. The minimum atomic E-state index is 0.483. The van der Waals surface area contributed by atoms with Crippen LogP contribution in [0, 0.1) is 11.3 Å². The van der Waals surface area contributed by atoms with Gasteiger partial charge in [0.25, 0.3) is 0 Å². The van der Waals surface area contributed by atoms with Crippen molar-refractivity contribution in [3.05, 3.63) is 82.1 Å². The van der Waals surface area contributed by atoms with Gasteiger partial charge in [-0.2, -0.15) is 5.26 Å². The molecule has 27 heavy (non-hydrogen) atoms. The van der Waals surface area contributed by atoms with Crippen molar-refractivity contribution in [1.82, 2.24) is 0 Å². The van der Waals surface area contributed by atoms with E-state index in [4.69, 9.17) is 31.1 Å². The first-order valence-corrected chi connectivity index (χ1v) is 8.87. The third-order valence-electron chi connectivity index (χ3n) is 4.51. The molecule has 0 amide bonds. The Morgan fingerprint density at radius 1 is 1.19 bits per heavy atom. The van der Waals surface area contributed by atoms with Gasteiger partial charge in [0.15, 0.2) is 0 Å². The summed E-state index contributed by atoms with van der Waals surface area (Å²) in [5, 5.41) is 9.80. The van der Waals surface area contributed by atoms with Crippen molar-refractivity contribution < 1.29 is 14.2 Å². The van der Waals surface area contributed by atoms with E-state index in [-0.39, 0.29) is 0 Å². The van der Waals surface area contributed by atoms with Crippen LogP contribution in [-0.2, 0) is 4.74 Å². The minimum Gasteiger partial charge on any atom is -0.497 e. The van der Waals surface area contributed by atoms with E-state index in [1.807, 2.05) is 54.6 Å². The van der Waals surface area contributed by atoms with Crippen LogP contribution in [-0.4, -0.2) is 13.7 Å². The number of benzene rings is 2. The van der Waals surface area contributed by atoms with Crippen LogP contribution in [0.2, 0.25) is 5.02 Å². The molecule has 0 atom stereocenters. The molecule has 0 N–H and O–H groups in total. The first-order chi connectivity index (χ1) is 13.2. The van der Waals surface area contributed by atoms with Gasteiger partial charge >= 0.3 is 0 Å². The highest BCUT2D eigenvalue weighted by atomic mass is 35.5. The average molecular weight is 378 g/mol. The summed E-state index contributed by atoms with van der Waals surface area (Å²) < 4.78 is 17.4. The highest BCUT2D eigenvalue weighted by Gasteiger charge is 2.27. The van der Waals surface area contributed by atoms with Crippen LogP contribution in [0.5, 0.6) is 11.5 Å². The maximum absolute atomic E-state index is 9.13. The van der Waals surface area contributed by atoms with Crippen LogP contribution >= 0.6 is 11.6 Å². The zero-order valence-corrected chi connectivity index (χ0v) is 15.4. The second-order valence-corrected chi connectivity index (χ2v) is 6.55. The van der Waals surface area contributed by atoms with E-state index in [9.17, 15) is 0 Å². The smallest absolute Gasteiger partial charge is 0.142 e. The number of allylic oxidation sites excluding steroid dienone is 3. The third-order valence-corrected chi connectivity index (χ3v) is 4.76. The summed E-state index contributed by atoms with van der Waals surface area (Å²) in [5.41, 5.74) is 3.84. The van der Waals surface area contributed by atoms with Gasteiger partial charge in [0.05, 0.1) is 31.4 Å². The van der Waals surface area contributed by atoms with Gasteiger partial charge in [0, 0.05) is 17.0 Å². The van der Waals surface area contributed by atoms with Crippen LogP contribution in [0.1, 0.15) is 17.5 Å². The fourth-order valence-corrected chi connectivity index (χ4v) is 3.38. The molecule has 2 heterocycles. The van der Waals surface area contributed by atoms with Crippen molar-refractivity contribution in [3.63, 3.8) is 0 Å². The summed E-state index contributed by atoms with van der Waals surface area (Å²) in [6.45, 7) is 0.531. The molecule has 134 valence electrons. The summed E-state index contributed by atoms with van der Waals surface area (Å²) in [6, 6.07) is 15.3. The van der Waals surface area contributed by atoms with Gasteiger partial charge in [-0.05, 0) is 47.5 Å². The number of ether oxygens (including phenoxy) is 3. The Morgan fingerprint density at radius 2 is 2.00 bits per heavy atom. The summed E-state index contributed by atoms with van der Waals surface area (Å²) >= 11 is 6.05. The van der Waals surface area contributed by atoms with Crippen LogP contribution in [0.4, 0.5) is 0 Å². The Hall–Kier alpha value is -3.16. The van der Waals surface area contributed by atoms with Gasteiger partial charge in [-0.25, -0.2) is 0 Å². The van der Waals surface area contributed by atoms with E-state index < -0.39 is 0 Å². The second-order valence-electron chi connectivity index (χ2n) is 6.11. The molecular formula is C22H16ClNO3. The molecule has 2 aromatic carbocycles. The minimum absolute atomic E-state index is 0.483. The summed E-state index contributed by atoms with van der Waals surface area (Å²) in [4.78, 5) is 0. The number of hydrogen-bond acceptors (Lipinski definition) is 4. The van der Waals surface area contributed by atoms with Crippen LogP contribution in [0.25, 0.3) is 11.3 Å². The molecule has 2 aromatic rings. The van der Waals surface area contributed by atoms with E-state index in [1.54, 1.807) is 7.11 Å². The predicted molar refractivity (Wildman–Crippen MR) is 104 cm³/mol. The maximum atomic E-state index is 9.13. The van der Waals surface area contributed by atoms with Gasteiger partial charge in [-0.1, -0.05) is 23.7 Å². The molecule has 4 rings (SSSR count). The number of nitriles is 1. The van der Waals surface area contributed by atoms with Crippen LogP contribution < -0.4 is 9.47 Å². The molecule has 2 aliphatic heterocycles. The lowest BCUT2D eigenvalue weighted by atomic mass is 9.90. The second kappa shape index (κ2) is 7.22. The van der Waals surface area contributed by atoms with E-state index >= 15 is 0 Å². The number of rotatable bonds is 2. The van der Waals surface area contributed by atoms with Crippen LogP contribution in [0.15, 0.2) is 65.9 Å². The van der Waals surface area contributed by atoms with Crippen molar-refractivity contribution in [1.29, 1.82) is 5.26 Å². The van der Waals surface area contributed by atoms with Crippen molar-refractivity contribution in [2.45, 2.75) is 6.42 Å². The van der Waals surface area contributed by atoms with E-state index in [1.165, 1.54) is 6.08 Å². The summed E-state index contributed by atoms with van der Waals surface area (Å²) in [7, 11) is 1.62. The van der Waals surface area contributed by atoms with E-state index in [0.29, 0.717) is 35.3 Å². The molecule has 0 unspecified atom stereocenters. The zero-order valence-electron chi connectivity index (χ0n) is 14.7. The molecule has 4 nitrogen and oxygen atoms in total. The number of hydrogen-bond donors (Lipinski definition) is 0. The van der Waals surface area contributed by atoms with E-state index in [0.717, 1.165) is 28.0 Å². The molecule has 0 saturated carbocycles. The fraction of sp³-hybridized carbons (Fsp3) is 0.136. The number of fused-ring (bicyclic) bond motifs is 2. The lowest BCUT2D eigenvalue weighted by Gasteiger charge is -2.23. The van der Waals surface area contributed by atoms with Crippen molar-refractivity contribution in [3.8, 4) is 17.6 Å². The van der Waals surface area contributed by atoms with Gasteiger partial charge in [0.2, 0.25) is 0 Å². The molecule has 0 aliphatic carbocycles. The lowest BCUT2D eigenvalue weighted by Crippen LogP contribution is -2.05. The number of nitrogens with zero attached hydrogens (tertiary/aromatic N) is 1. The SMILES string of the molecule is COc1ccc2c(c1)C1=C(CCO2)C(c2ccc(Cl)cc2)=CC(=CC#N)O1. The average Bonchev–Trinajstić information content (AvgIpc) is 2.87. The van der Waals surface area contributed by atoms with Gasteiger partial charge in [0.1, 0.15) is 23.0 Å². The Balaban J connectivity index is 1.93. The highest BCUT2D eigenvalue weighted by Crippen LogP contribution is 2.44. The molecule has 2 aliphatic rings. The zero-order chi connectivity index (χ0) is 18.8. The van der Waals surface area contributed by atoms with Crippen molar-refractivity contribution >= 4 is 22.9 Å². The highest BCUT2D eigenvalue weighted by molar-refractivity contribution is 6.30. The number of methoxy groups -OCH3 is 1. The predicted octanol–water partition coefficient (Wildman–Crippen LogP) is 5.36. The first-order valence-electron chi connectivity index (χ1n) is 8.49. The fourth-order valence-electron chi connectivity index (χ4n) is 3.25. The number of halogens is 1. The molecule has 0 spiro atoms. The first kappa shape index (κ1) is 17.3. The van der Waals surface area contributed by atoms with E-state index in [2.05, 4.69) is 0 Å². The quantitative estimate of drug-likeness (QED) is 0.661. The Labute approximate surface area is 162 Å². The molecule has 0 saturated heterocycles. The van der Waals surface area contributed by atoms with Crippen LogP contribution in [0.3, 0.4) is 0 Å². The third kappa shape index (κ3) is 3.30.